The number of ether oxygens (including phenoxy) is 1. The molecule has 102 valence electrons. The van der Waals surface area contributed by atoms with Crippen molar-refractivity contribution in [3.05, 3.63) is 64.8 Å². The van der Waals surface area contributed by atoms with Crippen LogP contribution in [-0.4, -0.2) is 18.7 Å². The molecule has 1 aliphatic carbocycles. The van der Waals surface area contributed by atoms with Crippen molar-refractivity contribution < 1.29 is 22.6 Å². The van der Waals surface area contributed by atoms with Crippen molar-refractivity contribution in [2.45, 2.75) is 0 Å². The van der Waals surface area contributed by atoms with E-state index >= 15 is 0 Å². The van der Waals surface area contributed by atoms with Crippen LogP contribution in [0.4, 0.5) is 13.2 Å². The van der Waals surface area contributed by atoms with Gasteiger partial charge in [0.2, 0.25) is 24.0 Å². The Morgan fingerprint density at radius 1 is 1.10 bits per heavy atom. The van der Waals surface area contributed by atoms with E-state index in [0.717, 1.165) is 11.8 Å². The lowest BCUT2D eigenvalue weighted by Gasteiger charge is -2.14. The molecule has 0 fully saturated rings. The van der Waals surface area contributed by atoms with E-state index in [-0.39, 0.29) is 0 Å². The monoisotopic (exact) mass is 279 g/mol. The van der Waals surface area contributed by atoms with Crippen LogP contribution in [0.1, 0.15) is 0 Å². The van der Waals surface area contributed by atoms with Gasteiger partial charge in [0.25, 0.3) is 0 Å². The van der Waals surface area contributed by atoms with Gasteiger partial charge in [0.15, 0.2) is 17.3 Å². The summed E-state index contributed by atoms with van der Waals surface area (Å²) in [7, 11) is 0.992. The second-order valence-electron chi connectivity index (χ2n) is 3.67. The van der Waals surface area contributed by atoms with Gasteiger partial charge in [-0.15, -0.1) is 0 Å². The number of allylic oxidation sites excluding steroid dienone is 4. The summed E-state index contributed by atoms with van der Waals surface area (Å²) >= 11 is 0. The van der Waals surface area contributed by atoms with Crippen molar-refractivity contribution >= 4 is 11.6 Å². The first kappa shape index (κ1) is 13.8. The van der Waals surface area contributed by atoms with E-state index in [1.807, 2.05) is 0 Å². The first-order valence-corrected chi connectivity index (χ1v) is 5.43. The van der Waals surface area contributed by atoms with Crippen LogP contribution in [0.5, 0.6) is 0 Å². The lowest BCUT2D eigenvalue weighted by atomic mass is 10.0. The highest BCUT2D eigenvalue weighted by molar-refractivity contribution is 6.20. The first-order valence-electron chi connectivity index (χ1n) is 5.43. The normalized spacial score (nSPS) is 17.6. The predicted octanol–water partition coefficient (Wildman–Crippen LogP) is 2.34. The summed E-state index contributed by atoms with van der Waals surface area (Å²) in [6.07, 6.45) is 2.91. The van der Waals surface area contributed by atoms with Gasteiger partial charge in [0, 0.05) is 17.2 Å². The molecule has 0 bridgehead atoms. The lowest BCUT2D eigenvalue weighted by Crippen LogP contribution is -2.30. The van der Waals surface area contributed by atoms with Gasteiger partial charge >= 0.3 is 0 Å². The molecule has 1 heterocycles. The number of pyridine rings is 1. The van der Waals surface area contributed by atoms with Gasteiger partial charge in [-0.1, -0.05) is 10.7 Å². The zero-order valence-corrected chi connectivity index (χ0v) is 10.3. The van der Waals surface area contributed by atoms with E-state index in [1.165, 1.54) is 18.3 Å². The van der Waals surface area contributed by atoms with Crippen LogP contribution in [-0.2, 0) is 4.74 Å². The minimum atomic E-state index is -1.56. The summed E-state index contributed by atoms with van der Waals surface area (Å²) < 4.78 is 46.9. The van der Waals surface area contributed by atoms with Crippen molar-refractivity contribution in [2.24, 2.45) is 5.10 Å². The molecule has 1 aromatic rings. The van der Waals surface area contributed by atoms with Crippen molar-refractivity contribution in [3.8, 4) is 0 Å². The molecule has 0 aliphatic heterocycles. The van der Waals surface area contributed by atoms with Crippen LogP contribution in [0, 0.1) is 0 Å². The molecule has 7 heteroatoms. The molecule has 4 nitrogen and oxygen atoms in total. The standard InChI is InChI=1S/C13H8F3N3O/c1-20-13-10(15)9(14)8(7-17)12(11(13)16)18-19-5-3-2-4-6-19/h2-6H,1H3/b18-12-. The number of nitrogens with zero attached hydrogens (tertiary/aromatic N) is 3. The molecule has 1 aliphatic rings. The molecular weight excluding hydrogens is 271 g/mol. The van der Waals surface area contributed by atoms with E-state index < -0.39 is 34.5 Å². The minimum absolute atomic E-state index is 0.626. The third kappa shape index (κ3) is 2.26. The molecule has 0 spiro atoms. The maximum atomic E-state index is 14.1. The van der Waals surface area contributed by atoms with Crippen molar-refractivity contribution in [1.82, 2.24) is 0 Å². The molecule has 0 saturated heterocycles. The van der Waals surface area contributed by atoms with E-state index in [9.17, 15) is 13.2 Å². The fraction of sp³-hybridized carbons (Fsp3) is 0.0769. The van der Waals surface area contributed by atoms with Gasteiger partial charge < -0.3 is 10.1 Å². The summed E-state index contributed by atoms with van der Waals surface area (Å²) in [5.74, 6) is -3.81. The molecule has 0 radical (unpaired) electrons. The summed E-state index contributed by atoms with van der Waals surface area (Å²) in [5.41, 5.74) is -1.45. The molecule has 2 rings (SSSR count). The number of aromatic nitrogens is 1. The highest BCUT2D eigenvalue weighted by Crippen LogP contribution is 2.33. The van der Waals surface area contributed by atoms with Crippen LogP contribution in [0.25, 0.3) is 5.41 Å². The Labute approximate surface area is 112 Å². The molecule has 0 atom stereocenters. The highest BCUT2D eigenvalue weighted by atomic mass is 19.2. The van der Waals surface area contributed by atoms with Crippen molar-refractivity contribution in [2.75, 3.05) is 7.11 Å². The molecule has 0 N–H and O–H groups in total. The third-order valence-electron chi connectivity index (χ3n) is 2.49. The second kappa shape index (κ2) is 5.54. The average molecular weight is 279 g/mol. The fourth-order valence-electron chi connectivity index (χ4n) is 1.57. The van der Waals surface area contributed by atoms with E-state index in [4.69, 9.17) is 5.41 Å². The number of hydrogen-bond acceptors (Lipinski definition) is 2. The summed E-state index contributed by atoms with van der Waals surface area (Å²) in [6, 6.07) is 4.90. The number of methoxy groups -OCH3 is 1. The Morgan fingerprint density at radius 3 is 2.30 bits per heavy atom. The first-order chi connectivity index (χ1) is 9.60. The molecule has 0 saturated carbocycles. The van der Waals surface area contributed by atoms with Crippen LogP contribution in [0.3, 0.4) is 0 Å². The summed E-state index contributed by atoms with van der Waals surface area (Å²) in [6.45, 7) is 0. The fourth-order valence-corrected chi connectivity index (χ4v) is 1.57. The number of hydrogen-bond donors (Lipinski definition) is 0. The average Bonchev–Trinajstić information content (AvgIpc) is 2.47. The van der Waals surface area contributed by atoms with Gasteiger partial charge in [-0.2, -0.15) is 4.39 Å². The number of rotatable bonds is 2. The maximum Gasteiger partial charge on any atom is 0.205 e. The molecule has 0 unspecified atom stereocenters. The van der Waals surface area contributed by atoms with Crippen molar-refractivity contribution in [3.63, 3.8) is 0 Å². The Balaban J connectivity index is 2.66. The smallest absolute Gasteiger partial charge is 0.205 e. The summed E-state index contributed by atoms with van der Waals surface area (Å²) in [5, 5.41) is 12.6. The molecule has 20 heavy (non-hydrogen) atoms. The molecule has 0 aromatic carbocycles. The maximum absolute atomic E-state index is 14.1. The second-order valence-corrected chi connectivity index (χ2v) is 3.67. The topological polar surface area (TPSA) is 47.8 Å². The Hall–Kier alpha value is -2.66. The SMILES string of the molecule is COC1=C(F)/C(=N\[n+]2ccccc2)C(=C=[N-])C(F)=C1F. The van der Waals surface area contributed by atoms with Crippen LogP contribution < -0.4 is 4.68 Å². The van der Waals surface area contributed by atoms with E-state index in [2.05, 4.69) is 9.84 Å². The quantitative estimate of drug-likeness (QED) is 0.605. The van der Waals surface area contributed by atoms with E-state index in [1.54, 1.807) is 18.2 Å². The minimum Gasteiger partial charge on any atom is -0.763 e. The van der Waals surface area contributed by atoms with Crippen molar-refractivity contribution in [1.29, 1.82) is 0 Å². The van der Waals surface area contributed by atoms with Gasteiger partial charge in [-0.25, -0.2) is 8.78 Å². The predicted molar refractivity (Wildman–Crippen MR) is 65.7 cm³/mol. The number of halogens is 3. The Kier molecular flexibility index (Phi) is 3.81. The van der Waals surface area contributed by atoms with Crippen LogP contribution in [0.15, 0.2) is 64.5 Å². The third-order valence-corrected chi connectivity index (χ3v) is 2.49. The molecular formula is C13H8F3N3O. The zero-order valence-electron chi connectivity index (χ0n) is 10.3. The summed E-state index contributed by atoms with van der Waals surface area (Å²) in [4.78, 5) is 0. The zero-order chi connectivity index (χ0) is 14.7. The van der Waals surface area contributed by atoms with Crippen LogP contribution >= 0.6 is 0 Å². The van der Waals surface area contributed by atoms with Gasteiger partial charge in [0.05, 0.1) is 12.7 Å². The lowest BCUT2D eigenvalue weighted by molar-refractivity contribution is -0.678. The molecule has 1 aromatic heterocycles. The van der Waals surface area contributed by atoms with Gasteiger partial charge in [-0.05, 0) is 0 Å². The largest absolute Gasteiger partial charge is 0.763 e. The Morgan fingerprint density at radius 2 is 1.75 bits per heavy atom. The molecule has 0 amide bonds. The van der Waals surface area contributed by atoms with Gasteiger partial charge in [-0.3, -0.25) is 5.87 Å². The van der Waals surface area contributed by atoms with E-state index in [0.29, 0.717) is 0 Å². The van der Waals surface area contributed by atoms with Gasteiger partial charge in [0.1, 0.15) is 0 Å². The highest BCUT2D eigenvalue weighted by Gasteiger charge is 2.34. The Bertz CT molecular complexity index is 686. The van der Waals surface area contributed by atoms with Crippen LogP contribution in [0.2, 0.25) is 0 Å².